The van der Waals surface area contributed by atoms with Crippen LogP contribution in [0.15, 0.2) is 77.8 Å². The Morgan fingerprint density at radius 2 is 1.76 bits per heavy atom. The summed E-state index contributed by atoms with van der Waals surface area (Å²) < 4.78 is 11.1. The Kier molecular flexibility index (Phi) is 6.64. The van der Waals surface area contributed by atoms with Crippen LogP contribution in [0.1, 0.15) is 28.5 Å². The van der Waals surface area contributed by atoms with Crippen molar-refractivity contribution in [3.8, 4) is 11.5 Å². The van der Waals surface area contributed by atoms with Gasteiger partial charge in [0.25, 0.3) is 0 Å². The number of esters is 1. The molecule has 0 saturated carbocycles. The first-order chi connectivity index (χ1) is 16.4. The third-order valence-corrected chi connectivity index (χ3v) is 5.02. The molecule has 0 radical (unpaired) electrons. The summed E-state index contributed by atoms with van der Waals surface area (Å²) >= 11 is 0. The summed E-state index contributed by atoms with van der Waals surface area (Å²) in [7, 11) is 1.58. The number of anilines is 1. The average molecular weight is 453 g/mol. The van der Waals surface area contributed by atoms with Crippen molar-refractivity contribution in [1.29, 1.82) is 0 Å². The van der Waals surface area contributed by atoms with E-state index in [4.69, 9.17) is 9.47 Å². The molecular weight excluding hydrogens is 430 g/mol. The van der Waals surface area contributed by atoms with Gasteiger partial charge in [0.05, 0.1) is 23.9 Å². The maximum absolute atomic E-state index is 13.1. The quantitative estimate of drug-likeness (QED) is 0.308. The minimum absolute atomic E-state index is 0.135. The Hall–Kier alpha value is -4.52. The zero-order valence-electron chi connectivity index (χ0n) is 19.0. The second kappa shape index (κ2) is 9.95. The van der Waals surface area contributed by atoms with Crippen LogP contribution < -0.4 is 14.8 Å². The van der Waals surface area contributed by atoms with E-state index in [0.717, 1.165) is 11.3 Å². The monoisotopic (exact) mass is 453 g/mol. The van der Waals surface area contributed by atoms with Crippen LogP contribution in [0, 0.1) is 6.92 Å². The summed E-state index contributed by atoms with van der Waals surface area (Å²) in [6.45, 7) is 3.30. The van der Waals surface area contributed by atoms with Gasteiger partial charge in [0, 0.05) is 36.0 Å². The van der Waals surface area contributed by atoms with Crippen LogP contribution in [0.3, 0.4) is 0 Å². The first-order valence-electron chi connectivity index (χ1n) is 10.6. The lowest BCUT2D eigenvalue weighted by molar-refractivity contribution is -0.114. The number of aryl methyl sites for hydroxylation is 1. The standard InChI is InChI=1S/C27H23N3O4/c1-17-14-26(23-15-21(33-3)12-13-25(23)29-17)34-27(32)22-6-4-5-7-24(22)28-16-19-8-10-20(11-9-19)30-18(2)31/h4-16H,1-3H3,(H,30,31). The largest absolute Gasteiger partial charge is 0.497 e. The number of nitrogens with zero attached hydrogens (tertiary/aromatic N) is 2. The van der Waals surface area contributed by atoms with Gasteiger partial charge in [-0.15, -0.1) is 0 Å². The van der Waals surface area contributed by atoms with Crippen molar-refractivity contribution in [1.82, 2.24) is 4.98 Å². The van der Waals surface area contributed by atoms with Crippen molar-refractivity contribution in [2.24, 2.45) is 4.99 Å². The molecule has 0 spiro atoms. The van der Waals surface area contributed by atoms with Crippen molar-refractivity contribution in [2.75, 3.05) is 12.4 Å². The number of benzene rings is 3. The molecule has 0 unspecified atom stereocenters. The van der Waals surface area contributed by atoms with E-state index >= 15 is 0 Å². The highest BCUT2D eigenvalue weighted by Crippen LogP contribution is 2.30. The molecule has 0 bridgehead atoms. The molecule has 1 N–H and O–H groups in total. The van der Waals surface area contributed by atoms with Crippen molar-refractivity contribution >= 4 is 40.4 Å². The fourth-order valence-corrected chi connectivity index (χ4v) is 3.42. The Labute approximate surface area is 197 Å². The summed E-state index contributed by atoms with van der Waals surface area (Å²) in [6.07, 6.45) is 1.65. The Bertz CT molecular complexity index is 1400. The minimum atomic E-state index is -0.525. The normalized spacial score (nSPS) is 10.9. The Morgan fingerprint density at radius 1 is 1.00 bits per heavy atom. The van der Waals surface area contributed by atoms with Crippen LogP contribution in [-0.2, 0) is 4.79 Å². The molecule has 1 aromatic heterocycles. The van der Waals surface area contributed by atoms with Gasteiger partial charge in [-0.05, 0) is 55.0 Å². The van der Waals surface area contributed by atoms with Gasteiger partial charge >= 0.3 is 5.97 Å². The van der Waals surface area contributed by atoms with Gasteiger partial charge in [-0.25, -0.2) is 4.79 Å². The molecule has 1 heterocycles. The number of rotatable bonds is 6. The molecule has 1 amide bonds. The second-order valence-corrected chi connectivity index (χ2v) is 7.61. The maximum atomic E-state index is 13.1. The van der Waals surface area contributed by atoms with Crippen molar-refractivity contribution in [2.45, 2.75) is 13.8 Å². The number of hydrogen-bond acceptors (Lipinski definition) is 6. The average Bonchev–Trinajstić information content (AvgIpc) is 2.83. The van der Waals surface area contributed by atoms with Crippen molar-refractivity contribution in [3.63, 3.8) is 0 Å². The lowest BCUT2D eigenvalue weighted by Gasteiger charge is -2.11. The first kappa shape index (κ1) is 22.7. The van der Waals surface area contributed by atoms with Gasteiger partial charge in [-0.3, -0.25) is 14.8 Å². The highest BCUT2D eigenvalue weighted by molar-refractivity contribution is 5.99. The summed E-state index contributed by atoms with van der Waals surface area (Å²) in [5, 5.41) is 3.40. The zero-order chi connectivity index (χ0) is 24.1. The van der Waals surface area contributed by atoms with E-state index in [-0.39, 0.29) is 5.91 Å². The number of ether oxygens (including phenoxy) is 2. The summed E-state index contributed by atoms with van der Waals surface area (Å²) in [5.41, 5.74) is 3.77. The highest BCUT2D eigenvalue weighted by Gasteiger charge is 2.16. The molecule has 0 fully saturated rings. The lowest BCUT2D eigenvalue weighted by atomic mass is 10.1. The van der Waals surface area contributed by atoms with E-state index in [9.17, 15) is 9.59 Å². The molecule has 0 aliphatic heterocycles. The predicted octanol–water partition coefficient (Wildman–Crippen LogP) is 5.48. The number of carbonyl (C=O) groups excluding carboxylic acids is 2. The molecular formula is C27H23N3O4. The van der Waals surface area contributed by atoms with Gasteiger partial charge in [-0.2, -0.15) is 0 Å². The minimum Gasteiger partial charge on any atom is -0.497 e. The fourth-order valence-electron chi connectivity index (χ4n) is 3.42. The second-order valence-electron chi connectivity index (χ2n) is 7.61. The summed E-state index contributed by atoms with van der Waals surface area (Å²) in [4.78, 5) is 33.3. The molecule has 0 atom stereocenters. The van der Waals surface area contributed by atoms with E-state index in [1.165, 1.54) is 6.92 Å². The molecule has 4 rings (SSSR count). The van der Waals surface area contributed by atoms with Crippen LogP contribution in [0.2, 0.25) is 0 Å². The molecule has 0 aliphatic carbocycles. The number of pyridine rings is 1. The number of aliphatic imine (C=N–C) groups is 1. The first-order valence-corrected chi connectivity index (χ1v) is 10.6. The fraction of sp³-hybridized carbons (Fsp3) is 0.111. The molecule has 7 nitrogen and oxygen atoms in total. The maximum Gasteiger partial charge on any atom is 0.345 e. The van der Waals surface area contributed by atoms with E-state index in [2.05, 4.69) is 15.3 Å². The number of aromatic nitrogens is 1. The molecule has 3 aromatic carbocycles. The number of methoxy groups -OCH3 is 1. The van der Waals surface area contributed by atoms with Gasteiger partial charge in [0.2, 0.25) is 5.91 Å². The molecule has 170 valence electrons. The predicted molar refractivity (Wildman–Crippen MR) is 132 cm³/mol. The SMILES string of the molecule is COc1ccc2nc(C)cc(OC(=O)c3ccccc3N=Cc3ccc(NC(C)=O)cc3)c2c1. The van der Waals surface area contributed by atoms with Crippen LogP contribution in [-0.4, -0.2) is 30.2 Å². The molecule has 0 saturated heterocycles. The van der Waals surface area contributed by atoms with E-state index in [0.29, 0.717) is 39.3 Å². The van der Waals surface area contributed by atoms with E-state index < -0.39 is 5.97 Å². The number of carbonyl (C=O) groups is 2. The molecule has 0 aliphatic rings. The summed E-state index contributed by atoms with van der Waals surface area (Å²) in [5.74, 6) is 0.386. The molecule has 7 heteroatoms. The topological polar surface area (TPSA) is 89.9 Å². The third kappa shape index (κ3) is 5.27. The van der Waals surface area contributed by atoms with Gasteiger partial charge in [-0.1, -0.05) is 24.3 Å². The number of nitrogens with one attached hydrogen (secondary N) is 1. The third-order valence-electron chi connectivity index (χ3n) is 5.02. The van der Waals surface area contributed by atoms with Gasteiger partial charge in [0.1, 0.15) is 11.5 Å². The number of fused-ring (bicyclic) bond motifs is 1. The van der Waals surface area contributed by atoms with Crippen LogP contribution in [0.5, 0.6) is 11.5 Å². The van der Waals surface area contributed by atoms with Gasteiger partial charge < -0.3 is 14.8 Å². The Morgan fingerprint density at radius 3 is 2.50 bits per heavy atom. The van der Waals surface area contributed by atoms with Crippen LogP contribution in [0.4, 0.5) is 11.4 Å². The molecule has 34 heavy (non-hydrogen) atoms. The van der Waals surface area contributed by atoms with Gasteiger partial charge in [0.15, 0.2) is 0 Å². The number of para-hydroxylation sites is 1. The Balaban J connectivity index is 1.60. The van der Waals surface area contributed by atoms with E-state index in [1.807, 2.05) is 31.2 Å². The lowest BCUT2D eigenvalue weighted by Crippen LogP contribution is -2.09. The highest BCUT2D eigenvalue weighted by atomic mass is 16.5. The van der Waals surface area contributed by atoms with Crippen molar-refractivity contribution < 1.29 is 19.1 Å². The van der Waals surface area contributed by atoms with E-state index in [1.54, 1.807) is 61.9 Å². The number of hydrogen-bond donors (Lipinski definition) is 1. The summed E-state index contributed by atoms with van der Waals surface area (Å²) in [6, 6.07) is 21.4. The molecule has 4 aromatic rings. The number of amides is 1. The zero-order valence-corrected chi connectivity index (χ0v) is 19.0. The van der Waals surface area contributed by atoms with Crippen LogP contribution >= 0.6 is 0 Å². The van der Waals surface area contributed by atoms with Crippen molar-refractivity contribution in [3.05, 3.63) is 89.6 Å². The van der Waals surface area contributed by atoms with Crippen LogP contribution in [0.25, 0.3) is 10.9 Å². The smallest absolute Gasteiger partial charge is 0.345 e.